The zero-order chi connectivity index (χ0) is 19.8. The second-order valence-corrected chi connectivity index (χ2v) is 6.16. The van der Waals surface area contributed by atoms with Crippen LogP contribution in [-0.2, 0) is 9.53 Å². The first-order valence-corrected chi connectivity index (χ1v) is 8.91. The Morgan fingerprint density at radius 1 is 1.00 bits per heavy atom. The van der Waals surface area contributed by atoms with Crippen LogP contribution in [0.5, 0.6) is 11.5 Å². The van der Waals surface area contributed by atoms with Crippen LogP contribution in [0.15, 0.2) is 48.5 Å². The van der Waals surface area contributed by atoms with Gasteiger partial charge in [-0.2, -0.15) is 0 Å². The molecule has 1 atom stereocenters. The van der Waals surface area contributed by atoms with E-state index in [0.29, 0.717) is 29.4 Å². The standard InChI is InChI=1S/C21H25NO5/c1-5-25-19-9-7-6-8-18(19)22-20(23)15(4)27-21(24)16-10-12-17(13-11-16)26-14(2)3/h6-15H,5H2,1-4H3,(H,22,23)/t15-/m0/s1. The number of carbonyl (C=O) groups is 2. The van der Waals surface area contributed by atoms with Gasteiger partial charge in [-0.05, 0) is 64.1 Å². The van der Waals surface area contributed by atoms with Crippen molar-refractivity contribution < 1.29 is 23.8 Å². The fourth-order valence-electron chi connectivity index (χ4n) is 2.31. The maximum absolute atomic E-state index is 12.3. The number of anilines is 1. The van der Waals surface area contributed by atoms with Crippen LogP contribution in [0.3, 0.4) is 0 Å². The van der Waals surface area contributed by atoms with Gasteiger partial charge in [0, 0.05) is 0 Å². The largest absolute Gasteiger partial charge is 0.492 e. The minimum atomic E-state index is -0.959. The second kappa shape index (κ2) is 9.62. The van der Waals surface area contributed by atoms with Gasteiger partial charge in [-0.3, -0.25) is 4.79 Å². The number of para-hydroxylation sites is 2. The van der Waals surface area contributed by atoms with Crippen LogP contribution in [0.25, 0.3) is 0 Å². The molecule has 144 valence electrons. The van der Waals surface area contributed by atoms with Crippen LogP contribution < -0.4 is 14.8 Å². The van der Waals surface area contributed by atoms with Crippen molar-refractivity contribution in [3.05, 3.63) is 54.1 Å². The molecule has 0 fully saturated rings. The van der Waals surface area contributed by atoms with E-state index in [0.717, 1.165) is 0 Å². The van der Waals surface area contributed by atoms with Gasteiger partial charge < -0.3 is 19.5 Å². The molecule has 1 N–H and O–H groups in total. The van der Waals surface area contributed by atoms with Crippen molar-refractivity contribution >= 4 is 17.6 Å². The van der Waals surface area contributed by atoms with Crippen LogP contribution in [0.4, 0.5) is 5.69 Å². The summed E-state index contributed by atoms with van der Waals surface area (Å²) in [4.78, 5) is 24.6. The van der Waals surface area contributed by atoms with Crippen molar-refractivity contribution in [1.82, 2.24) is 0 Å². The highest BCUT2D eigenvalue weighted by Crippen LogP contribution is 2.24. The number of esters is 1. The molecule has 0 radical (unpaired) electrons. The summed E-state index contributed by atoms with van der Waals surface area (Å²) in [5.74, 6) is 0.217. The van der Waals surface area contributed by atoms with E-state index in [2.05, 4.69) is 5.32 Å². The van der Waals surface area contributed by atoms with Gasteiger partial charge >= 0.3 is 5.97 Å². The van der Waals surface area contributed by atoms with E-state index in [9.17, 15) is 9.59 Å². The van der Waals surface area contributed by atoms with Crippen LogP contribution in [-0.4, -0.2) is 30.7 Å². The number of hydrogen-bond donors (Lipinski definition) is 1. The summed E-state index contributed by atoms with van der Waals surface area (Å²) in [6.45, 7) is 7.71. The Bertz CT molecular complexity index is 770. The molecule has 1 amide bonds. The Morgan fingerprint density at radius 2 is 1.67 bits per heavy atom. The maximum atomic E-state index is 12.3. The van der Waals surface area contributed by atoms with Crippen molar-refractivity contribution in [2.24, 2.45) is 0 Å². The second-order valence-electron chi connectivity index (χ2n) is 6.16. The molecule has 2 aromatic carbocycles. The molecule has 27 heavy (non-hydrogen) atoms. The lowest BCUT2D eigenvalue weighted by atomic mass is 10.2. The topological polar surface area (TPSA) is 73.9 Å². The van der Waals surface area contributed by atoms with Gasteiger partial charge in [-0.25, -0.2) is 4.79 Å². The number of carbonyl (C=O) groups excluding carboxylic acids is 2. The Kier molecular flexibility index (Phi) is 7.23. The Balaban J connectivity index is 1.96. The van der Waals surface area contributed by atoms with Crippen molar-refractivity contribution in [2.45, 2.75) is 39.9 Å². The predicted molar refractivity (Wildman–Crippen MR) is 103 cm³/mol. The Morgan fingerprint density at radius 3 is 2.30 bits per heavy atom. The van der Waals surface area contributed by atoms with E-state index < -0.39 is 18.0 Å². The Hall–Kier alpha value is -3.02. The highest BCUT2D eigenvalue weighted by atomic mass is 16.5. The van der Waals surface area contributed by atoms with E-state index in [1.165, 1.54) is 6.92 Å². The number of hydrogen-bond acceptors (Lipinski definition) is 5. The monoisotopic (exact) mass is 371 g/mol. The average Bonchev–Trinajstić information content (AvgIpc) is 2.63. The molecule has 0 aliphatic carbocycles. The molecule has 2 aromatic rings. The molecule has 0 aliphatic heterocycles. The molecule has 0 saturated carbocycles. The van der Waals surface area contributed by atoms with Crippen LogP contribution in [0, 0.1) is 0 Å². The number of nitrogens with one attached hydrogen (secondary N) is 1. The highest BCUT2D eigenvalue weighted by Gasteiger charge is 2.20. The highest BCUT2D eigenvalue weighted by molar-refractivity contribution is 5.98. The summed E-state index contributed by atoms with van der Waals surface area (Å²) in [5.41, 5.74) is 0.878. The van der Waals surface area contributed by atoms with E-state index in [1.807, 2.05) is 26.8 Å². The minimum Gasteiger partial charge on any atom is -0.492 e. The van der Waals surface area contributed by atoms with Gasteiger partial charge in [0.15, 0.2) is 6.10 Å². The molecule has 0 aliphatic rings. The van der Waals surface area contributed by atoms with Crippen molar-refractivity contribution in [2.75, 3.05) is 11.9 Å². The van der Waals surface area contributed by atoms with Crippen LogP contribution in [0.2, 0.25) is 0 Å². The molecule has 2 rings (SSSR count). The molecule has 0 aromatic heterocycles. The SMILES string of the molecule is CCOc1ccccc1NC(=O)[C@H](C)OC(=O)c1ccc(OC(C)C)cc1. The number of benzene rings is 2. The van der Waals surface area contributed by atoms with Gasteiger partial charge in [0.1, 0.15) is 11.5 Å². The average molecular weight is 371 g/mol. The molecule has 6 nitrogen and oxygen atoms in total. The summed E-state index contributed by atoms with van der Waals surface area (Å²) in [6, 6.07) is 13.7. The molecular weight excluding hydrogens is 346 g/mol. The number of rotatable bonds is 8. The molecular formula is C21H25NO5. The maximum Gasteiger partial charge on any atom is 0.338 e. The first-order valence-electron chi connectivity index (χ1n) is 8.91. The predicted octanol–water partition coefficient (Wildman–Crippen LogP) is 4.06. The molecule has 0 heterocycles. The zero-order valence-electron chi connectivity index (χ0n) is 16.0. The molecule has 0 saturated heterocycles. The first kappa shape index (κ1) is 20.3. The summed E-state index contributed by atoms with van der Waals surface area (Å²) >= 11 is 0. The Labute approximate surface area is 159 Å². The van der Waals surface area contributed by atoms with Gasteiger partial charge in [0.25, 0.3) is 5.91 Å². The van der Waals surface area contributed by atoms with E-state index in [1.54, 1.807) is 42.5 Å². The van der Waals surface area contributed by atoms with Gasteiger partial charge in [-0.1, -0.05) is 12.1 Å². The lowest BCUT2D eigenvalue weighted by Gasteiger charge is -2.16. The third-order valence-electron chi connectivity index (χ3n) is 3.56. The molecule has 0 unspecified atom stereocenters. The summed E-state index contributed by atoms with van der Waals surface area (Å²) < 4.78 is 16.3. The summed E-state index contributed by atoms with van der Waals surface area (Å²) in [6.07, 6.45) is -0.912. The number of ether oxygens (including phenoxy) is 3. The van der Waals surface area contributed by atoms with Gasteiger partial charge in [-0.15, -0.1) is 0 Å². The van der Waals surface area contributed by atoms with E-state index in [-0.39, 0.29) is 6.10 Å². The minimum absolute atomic E-state index is 0.0473. The van der Waals surface area contributed by atoms with Crippen LogP contribution in [0.1, 0.15) is 38.1 Å². The van der Waals surface area contributed by atoms with Gasteiger partial charge in [0.05, 0.1) is 24.0 Å². The van der Waals surface area contributed by atoms with Crippen LogP contribution >= 0.6 is 0 Å². The lowest BCUT2D eigenvalue weighted by molar-refractivity contribution is -0.123. The van der Waals surface area contributed by atoms with Crippen molar-refractivity contribution in [1.29, 1.82) is 0 Å². The smallest absolute Gasteiger partial charge is 0.338 e. The summed E-state index contributed by atoms with van der Waals surface area (Å²) in [7, 11) is 0. The van der Waals surface area contributed by atoms with E-state index >= 15 is 0 Å². The van der Waals surface area contributed by atoms with E-state index in [4.69, 9.17) is 14.2 Å². The van der Waals surface area contributed by atoms with Gasteiger partial charge in [0.2, 0.25) is 0 Å². The third-order valence-corrected chi connectivity index (χ3v) is 3.56. The molecule has 0 bridgehead atoms. The lowest BCUT2D eigenvalue weighted by Crippen LogP contribution is -2.30. The first-order chi connectivity index (χ1) is 12.9. The van der Waals surface area contributed by atoms with Crippen molar-refractivity contribution in [3.63, 3.8) is 0 Å². The number of amides is 1. The zero-order valence-corrected chi connectivity index (χ0v) is 16.0. The molecule has 0 spiro atoms. The normalized spacial score (nSPS) is 11.6. The fourth-order valence-corrected chi connectivity index (χ4v) is 2.31. The molecule has 6 heteroatoms. The quantitative estimate of drug-likeness (QED) is 0.709. The fraction of sp³-hybridized carbons (Fsp3) is 0.333. The third kappa shape index (κ3) is 6.02. The van der Waals surface area contributed by atoms with Crippen molar-refractivity contribution in [3.8, 4) is 11.5 Å². The summed E-state index contributed by atoms with van der Waals surface area (Å²) in [5, 5.41) is 2.72.